The van der Waals surface area contributed by atoms with Gasteiger partial charge in [0.05, 0.1) is 12.3 Å². The zero-order chi connectivity index (χ0) is 16.8. The van der Waals surface area contributed by atoms with E-state index in [1.165, 1.54) is 30.2 Å². The Balaban J connectivity index is 1.72. The van der Waals surface area contributed by atoms with E-state index in [2.05, 4.69) is 21.4 Å². The van der Waals surface area contributed by atoms with E-state index in [1.807, 2.05) is 18.2 Å². The fourth-order valence-electron chi connectivity index (χ4n) is 2.94. The van der Waals surface area contributed by atoms with E-state index >= 15 is 0 Å². The van der Waals surface area contributed by atoms with Gasteiger partial charge in [0, 0.05) is 22.9 Å². The number of aryl methyl sites for hydroxylation is 1. The lowest BCUT2D eigenvalue weighted by Crippen LogP contribution is -2.15. The molecule has 0 saturated carbocycles. The standard InChI is InChI=1S/C18H22ClN3OS/c19-15-7-3-1-5-13(15)9-10-20-17-14-6-2-4-8-16(14)21-18(22-17)24-12-11-23/h1,3,5,7,23H,2,4,6,8-12H2,(H,20,21,22). The van der Waals surface area contributed by atoms with Gasteiger partial charge < -0.3 is 10.4 Å². The number of nitrogens with zero attached hydrogens (tertiary/aromatic N) is 2. The molecule has 0 unspecified atom stereocenters. The van der Waals surface area contributed by atoms with Gasteiger partial charge in [0.25, 0.3) is 0 Å². The molecule has 0 amide bonds. The quantitative estimate of drug-likeness (QED) is 0.579. The Kier molecular flexibility index (Phi) is 6.35. The van der Waals surface area contributed by atoms with Gasteiger partial charge in [-0.1, -0.05) is 41.6 Å². The summed E-state index contributed by atoms with van der Waals surface area (Å²) in [4.78, 5) is 9.35. The van der Waals surface area contributed by atoms with Crippen molar-refractivity contribution in [2.45, 2.75) is 37.3 Å². The van der Waals surface area contributed by atoms with Gasteiger partial charge in [-0.15, -0.1) is 0 Å². The summed E-state index contributed by atoms with van der Waals surface area (Å²) in [6.07, 6.45) is 5.29. The molecule has 1 aliphatic carbocycles. The molecule has 1 aromatic heterocycles. The largest absolute Gasteiger partial charge is 0.396 e. The fraction of sp³-hybridized carbons (Fsp3) is 0.444. The van der Waals surface area contributed by atoms with Gasteiger partial charge in [-0.2, -0.15) is 0 Å². The first-order chi connectivity index (χ1) is 11.8. The predicted molar refractivity (Wildman–Crippen MR) is 100 cm³/mol. The van der Waals surface area contributed by atoms with Crippen molar-refractivity contribution in [2.24, 2.45) is 0 Å². The number of aliphatic hydroxyl groups is 1. The normalized spacial score (nSPS) is 13.6. The van der Waals surface area contributed by atoms with Crippen LogP contribution in [0.5, 0.6) is 0 Å². The minimum atomic E-state index is 0.139. The molecule has 0 spiro atoms. The van der Waals surface area contributed by atoms with Crippen molar-refractivity contribution < 1.29 is 5.11 Å². The van der Waals surface area contributed by atoms with E-state index in [-0.39, 0.29) is 6.61 Å². The molecular formula is C18H22ClN3OS. The zero-order valence-electron chi connectivity index (χ0n) is 13.6. The molecule has 0 radical (unpaired) electrons. The van der Waals surface area contributed by atoms with Gasteiger partial charge in [0.2, 0.25) is 0 Å². The van der Waals surface area contributed by atoms with Crippen LogP contribution in [-0.4, -0.2) is 34.0 Å². The summed E-state index contributed by atoms with van der Waals surface area (Å²) in [5, 5.41) is 14.1. The number of halogens is 1. The molecule has 1 aliphatic rings. The van der Waals surface area contributed by atoms with Crippen LogP contribution in [-0.2, 0) is 19.3 Å². The second-order valence-corrected chi connectivity index (χ2v) is 7.30. The Labute approximate surface area is 152 Å². The monoisotopic (exact) mass is 363 g/mol. The van der Waals surface area contributed by atoms with Crippen LogP contribution in [0.1, 0.15) is 29.7 Å². The van der Waals surface area contributed by atoms with Crippen LogP contribution in [0.3, 0.4) is 0 Å². The highest BCUT2D eigenvalue weighted by atomic mass is 35.5. The van der Waals surface area contributed by atoms with E-state index in [0.717, 1.165) is 53.1 Å². The maximum Gasteiger partial charge on any atom is 0.189 e. The summed E-state index contributed by atoms with van der Waals surface area (Å²) >= 11 is 7.73. The van der Waals surface area contributed by atoms with Gasteiger partial charge in [0.1, 0.15) is 5.82 Å². The van der Waals surface area contributed by atoms with Crippen LogP contribution >= 0.6 is 23.4 Å². The molecule has 128 valence electrons. The number of hydrogen-bond acceptors (Lipinski definition) is 5. The Morgan fingerprint density at radius 1 is 1.17 bits per heavy atom. The van der Waals surface area contributed by atoms with Gasteiger partial charge >= 0.3 is 0 Å². The van der Waals surface area contributed by atoms with E-state index < -0.39 is 0 Å². The van der Waals surface area contributed by atoms with E-state index in [9.17, 15) is 0 Å². The maximum absolute atomic E-state index is 9.02. The Bertz CT molecular complexity index is 696. The number of aromatic nitrogens is 2. The summed E-state index contributed by atoms with van der Waals surface area (Å²) in [6, 6.07) is 7.94. The fourth-order valence-corrected chi connectivity index (χ4v) is 3.77. The highest BCUT2D eigenvalue weighted by Gasteiger charge is 2.17. The first kappa shape index (κ1) is 17.5. The smallest absolute Gasteiger partial charge is 0.189 e. The van der Waals surface area contributed by atoms with Gasteiger partial charge in [-0.05, 0) is 43.7 Å². The van der Waals surface area contributed by atoms with Crippen molar-refractivity contribution in [2.75, 3.05) is 24.2 Å². The summed E-state index contributed by atoms with van der Waals surface area (Å²) < 4.78 is 0. The molecule has 2 N–H and O–H groups in total. The van der Waals surface area contributed by atoms with Crippen LogP contribution in [0.15, 0.2) is 29.4 Å². The molecule has 0 fully saturated rings. The second-order valence-electron chi connectivity index (χ2n) is 5.83. The van der Waals surface area contributed by atoms with Crippen LogP contribution in [0.4, 0.5) is 5.82 Å². The lowest BCUT2D eigenvalue weighted by Gasteiger charge is -2.19. The SMILES string of the molecule is OCCSc1nc2c(c(NCCc3ccccc3Cl)n1)CCCC2. The Morgan fingerprint density at radius 2 is 2.00 bits per heavy atom. The van der Waals surface area contributed by atoms with Crippen molar-refractivity contribution in [3.63, 3.8) is 0 Å². The van der Waals surface area contributed by atoms with E-state index in [1.54, 1.807) is 0 Å². The summed E-state index contributed by atoms with van der Waals surface area (Å²) in [5.74, 6) is 1.57. The number of fused-ring (bicyclic) bond motifs is 1. The Hall–Kier alpha value is -1.30. The van der Waals surface area contributed by atoms with Crippen molar-refractivity contribution in [1.82, 2.24) is 9.97 Å². The van der Waals surface area contributed by atoms with E-state index in [0.29, 0.717) is 5.75 Å². The second kappa shape index (κ2) is 8.70. The lowest BCUT2D eigenvalue weighted by molar-refractivity contribution is 0.322. The van der Waals surface area contributed by atoms with Gasteiger partial charge in [0.15, 0.2) is 5.16 Å². The Morgan fingerprint density at radius 3 is 2.83 bits per heavy atom. The number of thioether (sulfide) groups is 1. The molecule has 0 bridgehead atoms. The molecule has 0 saturated heterocycles. The third kappa shape index (κ3) is 4.41. The third-order valence-electron chi connectivity index (χ3n) is 4.13. The number of aliphatic hydroxyl groups excluding tert-OH is 1. The van der Waals surface area contributed by atoms with Crippen LogP contribution in [0.25, 0.3) is 0 Å². The molecule has 2 aromatic rings. The highest BCUT2D eigenvalue weighted by molar-refractivity contribution is 7.99. The first-order valence-corrected chi connectivity index (χ1v) is 9.75. The summed E-state index contributed by atoms with van der Waals surface area (Å²) in [7, 11) is 0. The maximum atomic E-state index is 9.02. The van der Waals surface area contributed by atoms with Crippen molar-refractivity contribution in [3.8, 4) is 0 Å². The molecule has 1 aromatic carbocycles. The lowest BCUT2D eigenvalue weighted by atomic mass is 9.96. The van der Waals surface area contributed by atoms with Crippen LogP contribution < -0.4 is 5.32 Å². The molecular weight excluding hydrogens is 342 g/mol. The van der Waals surface area contributed by atoms with Crippen molar-refractivity contribution in [1.29, 1.82) is 0 Å². The molecule has 1 heterocycles. The molecule has 0 aliphatic heterocycles. The number of anilines is 1. The first-order valence-electron chi connectivity index (χ1n) is 8.38. The van der Waals surface area contributed by atoms with Gasteiger partial charge in [-0.25, -0.2) is 9.97 Å². The average molecular weight is 364 g/mol. The van der Waals surface area contributed by atoms with Crippen molar-refractivity contribution >= 4 is 29.2 Å². The average Bonchev–Trinajstić information content (AvgIpc) is 2.61. The zero-order valence-corrected chi connectivity index (χ0v) is 15.2. The number of rotatable bonds is 7. The van der Waals surface area contributed by atoms with E-state index in [4.69, 9.17) is 16.7 Å². The van der Waals surface area contributed by atoms with Crippen LogP contribution in [0, 0.1) is 0 Å². The number of hydrogen-bond donors (Lipinski definition) is 2. The molecule has 3 rings (SSSR count). The molecule has 4 nitrogen and oxygen atoms in total. The number of nitrogens with one attached hydrogen (secondary N) is 1. The third-order valence-corrected chi connectivity index (χ3v) is 5.33. The molecule has 0 atom stereocenters. The number of benzene rings is 1. The minimum Gasteiger partial charge on any atom is -0.396 e. The van der Waals surface area contributed by atoms with Gasteiger partial charge in [-0.3, -0.25) is 0 Å². The predicted octanol–water partition coefficient (Wildman–Crippen LogP) is 3.75. The molecule has 6 heteroatoms. The van der Waals surface area contributed by atoms with Crippen LogP contribution in [0.2, 0.25) is 5.02 Å². The highest BCUT2D eigenvalue weighted by Crippen LogP contribution is 2.28. The minimum absolute atomic E-state index is 0.139. The summed E-state index contributed by atoms with van der Waals surface area (Å²) in [5.41, 5.74) is 3.56. The summed E-state index contributed by atoms with van der Waals surface area (Å²) in [6.45, 7) is 0.928. The van der Waals surface area contributed by atoms with Crippen molar-refractivity contribution in [3.05, 3.63) is 46.1 Å². The molecule has 24 heavy (non-hydrogen) atoms. The topological polar surface area (TPSA) is 58.0 Å².